The van der Waals surface area contributed by atoms with E-state index in [0.717, 1.165) is 36.1 Å². The first-order valence-electron chi connectivity index (χ1n) is 8.64. The lowest BCUT2D eigenvalue weighted by molar-refractivity contribution is 0.0694. The second-order valence-corrected chi connectivity index (χ2v) is 6.85. The Morgan fingerprint density at radius 1 is 1.38 bits per heavy atom. The summed E-state index contributed by atoms with van der Waals surface area (Å²) in [7, 11) is 1.92. The van der Waals surface area contributed by atoms with E-state index in [0.29, 0.717) is 6.54 Å². The van der Waals surface area contributed by atoms with Gasteiger partial charge in [0, 0.05) is 25.6 Å². The maximum atomic E-state index is 6.10. The molecule has 0 amide bonds. The molecule has 0 spiro atoms. The maximum Gasteiger partial charge on any atom is 0.192 e. The molecule has 1 atom stereocenters. The second-order valence-electron chi connectivity index (χ2n) is 6.85. The van der Waals surface area contributed by atoms with Gasteiger partial charge in [0.05, 0.1) is 6.04 Å². The number of guanidine groups is 1. The summed E-state index contributed by atoms with van der Waals surface area (Å²) in [6.45, 7) is 7.54. The molecule has 0 radical (unpaired) electrons. The Labute approximate surface area is 171 Å². The third-order valence-corrected chi connectivity index (χ3v) is 4.22. The molecule has 0 saturated carbocycles. The number of hydrogen-bond acceptors (Lipinski definition) is 4. The number of fused-ring (bicyclic) bond motifs is 1. The highest BCUT2D eigenvalue weighted by Gasteiger charge is 2.33. The summed E-state index contributed by atoms with van der Waals surface area (Å²) in [5.74, 6) is 2.52. The number of nitrogens with zero attached hydrogens (tertiary/aromatic N) is 4. The minimum Gasteiger partial charge on any atom is -0.487 e. The molecule has 3 rings (SSSR count). The van der Waals surface area contributed by atoms with Gasteiger partial charge >= 0.3 is 0 Å². The number of aliphatic imine (C=N–C) groups is 1. The van der Waals surface area contributed by atoms with Crippen molar-refractivity contribution < 1.29 is 4.74 Å². The average molecular weight is 470 g/mol. The van der Waals surface area contributed by atoms with Crippen LogP contribution in [-0.4, -0.2) is 32.9 Å². The van der Waals surface area contributed by atoms with Crippen molar-refractivity contribution in [2.75, 3.05) is 6.54 Å². The Morgan fingerprint density at radius 2 is 2.15 bits per heavy atom. The summed E-state index contributed by atoms with van der Waals surface area (Å²) in [6, 6.07) is 8.31. The smallest absolute Gasteiger partial charge is 0.192 e. The Bertz CT molecular complexity index is 758. The Hall–Kier alpha value is -1.84. The molecule has 1 aromatic heterocycles. The summed E-state index contributed by atoms with van der Waals surface area (Å²) in [6.07, 6.45) is 2.54. The number of rotatable bonds is 4. The van der Waals surface area contributed by atoms with Gasteiger partial charge in [-0.2, -0.15) is 0 Å². The summed E-state index contributed by atoms with van der Waals surface area (Å²) in [5.41, 5.74) is 0.929. The summed E-state index contributed by atoms with van der Waals surface area (Å²) in [5, 5.41) is 14.8. The van der Waals surface area contributed by atoms with Gasteiger partial charge in [0.2, 0.25) is 0 Å². The summed E-state index contributed by atoms with van der Waals surface area (Å²) in [4.78, 5) is 4.66. The zero-order chi connectivity index (χ0) is 17.9. The molecule has 0 bridgehead atoms. The van der Waals surface area contributed by atoms with Gasteiger partial charge < -0.3 is 19.9 Å². The van der Waals surface area contributed by atoms with Gasteiger partial charge in [0.25, 0.3) is 0 Å². The van der Waals surface area contributed by atoms with Crippen molar-refractivity contribution in [2.45, 2.75) is 45.4 Å². The number of aryl methyl sites for hydroxylation is 1. The normalized spacial score (nSPS) is 18.3. The first kappa shape index (κ1) is 20.5. The SMILES string of the molecule is CCNC(=NCc1nncn1C)NC1CC(C)(C)Oc2ccccc21.I. The van der Waals surface area contributed by atoms with Crippen LogP contribution >= 0.6 is 24.0 Å². The second kappa shape index (κ2) is 8.70. The van der Waals surface area contributed by atoms with Crippen LogP contribution in [0.3, 0.4) is 0 Å². The molecule has 2 aromatic rings. The molecule has 1 aliphatic heterocycles. The van der Waals surface area contributed by atoms with Crippen molar-refractivity contribution in [3.63, 3.8) is 0 Å². The van der Waals surface area contributed by atoms with E-state index >= 15 is 0 Å². The van der Waals surface area contributed by atoms with Crippen LogP contribution in [0, 0.1) is 0 Å². The Balaban J connectivity index is 0.00000243. The lowest BCUT2D eigenvalue weighted by Gasteiger charge is -2.38. The van der Waals surface area contributed by atoms with E-state index in [2.05, 4.69) is 52.7 Å². The van der Waals surface area contributed by atoms with Crippen molar-refractivity contribution in [2.24, 2.45) is 12.0 Å². The number of nitrogens with one attached hydrogen (secondary N) is 2. The van der Waals surface area contributed by atoms with Crippen LogP contribution in [0.4, 0.5) is 0 Å². The molecule has 1 unspecified atom stereocenters. The van der Waals surface area contributed by atoms with Gasteiger partial charge in [0.15, 0.2) is 11.8 Å². The number of benzene rings is 1. The molecule has 26 heavy (non-hydrogen) atoms. The molecule has 0 saturated heterocycles. The topological polar surface area (TPSA) is 76.4 Å². The fourth-order valence-electron chi connectivity index (χ4n) is 3.02. The predicted molar refractivity (Wildman–Crippen MR) is 113 cm³/mol. The van der Waals surface area contributed by atoms with Crippen LogP contribution in [0.25, 0.3) is 0 Å². The minimum atomic E-state index is -0.229. The number of halogens is 1. The van der Waals surface area contributed by atoms with Gasteiger partial charge in [-0.1, -0.05) is 18.2 Å². The summed E-state index contributed by atoms with van der Waals surface area (Å²) < 4.78 is 7.98. The van der Waals surface area contributed by atoms with Crippen molar-refractivity contribution in [3.8, 4) is 5.75 Å². The van der Waals surface area contributed by atoms with E-state index in [1.165, 1.54) is 0 Å². The first-order chi connectivity index (χ1) is 12.0. The molecule has 2 heterocycles. The minimum absolute atomic E-state index is 0. The van der Waals surface area contributed by atoms with Crippen LogP contribution in [-0.2, 0) is 13.6 Å². The maximum absolute atomic E-state index is 6.10. The average Bonchev–Trinajstić information content (AvgIpc) is 2.97. The fraction of sp³-hybridized carbons (Fsp3) is 0.500. The van der Waals surface area contributed by atoms with Gasteiger partial charge in [-0.15, -0.1) is 34.2 Å². The van der Waals surface area contributed by atoms with Crippen molar-refractivity contribution in [1.82, 2.24) is 25.4 Å². The van der Waals surface area contributed by atoms with Crippen molar-refractivity contribution in [3.05, 3.63) is 42.0 Å². The van der Waals surface area contributed by atoms with Crippen LogP contribution in [0.2, 0.25) is 0 Å². The molecule has 8 heteroatoms. The number of ether oxygens (including phenoxy) is 1. The predicted octanol–water partition coefficient (Wildman–Crippen LogP) is 2.79. The van der Waals surface area contributed by atoms with E-state index in [4.69, 9.17) is 4.74 Å². The zero-order valence-electron chi connectivity index (χ0n) is 15.7. The number of hydrogen-bond donors (Lipinski definition) is 2. The van der Waals surface area contributed by atoms with Crippen LogP contribution in [0.1, 0.15) is 44.6 Å². The molecule has 7 nitrogen and oxygen atoms in total. The third-order valence-electron chi connectivity index (χ3n) is 4.22. The fourth-order valence-corrected chi connectivity index (χ4v) is 3.02. The van der Waals surface area contributed by atoms with E-state index in [1.807, 2.05) is 29.8 Å². The van der Waals surface area contributed by atoms with Crippen molar-refractivity contribution >= 4 is 29.9 Å². The molecule has 0 fully saturated rings. The standard InChI is InChI=1S/C18H26N6O.HI/c1-5-19-17(20-11-16-23-21-12-24(16)4)22-14-10-18(2,3)25-15-9-7-6-8-13(14)15;/h6-9,12,14H,5,10-11H2,1-4H3,(H2,19,20,22);1H. The zero-order valence-corrected chi connectivity index (χ0v) is 18.0. The van der Waals surface area contributed by atoms with Crippen LogP contribution < -0.4 is 15.4 Å². The lowest BCUT2D eigenvalue weighted by Crippen LogP contribution is -2.45. The molecule has 142 valence electrons. The van der Waals surface area contributed by atoms with E-state index in [9.17, 15) is 0 Å². The van der Waals surface area contributed by atoms with E-state index in [1.54, 1.807) is 6.33 Å². The van der Waals surface area contributed by atoms with E-state index in [-0.39, 0.29) is 35.6 Å². The highest BCUT2D eigenvalue weighted by molar-refractivity contribution is 14.0. The quantitative estimate of drug-likeness (QED) is 0.409. The third kappa shape index (κ3) is 4.87. The molecule has 1 aliphatic rings. The van der Waals surface area contributed by atoms with Gasteiger partial charge in [-0.3, -0.25) is 0 Å². The van der Waals surface area contributed by atoms with Crippen LogP contribution in [0.15, 0.2) is 35.6 Å². The molecular weight excluding hydrogens is 443 g/mol. The molecular formula is C18H27IN6O. The van der Waals surface area contributed by atoms with Crippen molar-refractivity contribution in [1.29, 1.82) is 0 Å². The summed E-state index contributed by atoms with van der Waals surface area (Å²) >= 11 is 0. The number of aromatic nitrogens is 3. The Kier molecular flexibility index (Phi) is 6.85. The van der Waals surface area contributed by atoms with Gasteiger partial charge in [-0.05, 0) is 26.8 Å². The lowest BCUT2D eigenvalue weighted by atomic mass is 9.90. The Morgan fingerprint density at radius 3 is 2.85 bits per heavy atom. The van der Waals surface area contributed by atoms with Gasteiger partial charge in [-0.25, -0.2) is 4.99 Å². The van der Waals surface area contributed by atoms with Crippen LogP contribution in [0.5, 0.6) is 5.75 Å². The number of para-hydroxylation sites is 1. The van der Waals surface area contributed by atoms with Gasteiger partial charge in [0.1, 0.15) is 24.2 Å². The molecule has 1 aromatic carbocycles. The monoisotopic (exact) mass is 470 g/mol. The highest BCUT2D eigenvalue weighted by Crippen LogP contribution is 2.39. The molecule has 2 N–H and O–H groups in total. The highest BCUT2D eigenvalue weighted by atomic mass is 127. The largest absolute Gasteiger partial charge is 0.487 e. The molecule has 0 aliphatic carbocycles. The first-order valence-corrected chi connectivity index (χ1v) is 8.64. The van der Waals surface area contributed by atoms with E-state index < -0.39 is 0 Å².